The molecule has 0 fully saturated rings. The summed E-state index contributed by atoms with van der Waals surface area (Å²) in [6.45, 7) is 3.97. The number of nitrogen functional groups attached to an aromatic ring is 1. The molecule has 2 rings (SSSR count). The Kier molecular flexibility index (Phi) is 2.52. The van der Waals surface area contributed by atoms with Gasteiger partial charge >= 0.3 is 0 Å². The van der Waals surface area contributed by atoms with Crippen LogP contribution in [-0.2, 0) is 0 Å². The first kappa shape index (κ1) is 11.1. The number of H-pyrrole nitrogens is 1. The van der Waals surface area contributed by atoms with Crippen LogP contribution in [0.5, 0.6) is 0 Å². The van der Waals surface area contributed by atoms with E-state index in [0.29, 0.717) is 16.6 Å². The average molecular weight is 231 g/mol. The van der Waals surface area contributed by atoms with Crippen molar-refractivity contribution in [3.05, 3.63) is 22.1 Å². The summed E-state index contributed by atoms with van der Waals surface area (Å²) in [7, 11) is 0. The zero-order chi connectivity index (χ0) is 12.6. The molecule has 0 unspecified atom stereocenters. The van der Waals surface area contributed by atoms with Gasteiger partial charge in [0.1, 0.15) is 0 Å². The lowest BCUT2D eigenvalue weighted by molar-refractivity contribution is 0.617. The molecule has 0 aromatic carbocycles. The number of nitrogens with zero attached hydrogens (tertiary/aromatic N) is 2. The zero-order valence-corrected chi connectivity index (χ0v) is 9.61. The number of aromatic nitrogens is 3. The Labute approximate surface area is 97.6 Å². The van der Waals surface area contributed by atoms with E-state index in [-0.39, 0.29) is 17.5 Å². The number of hydrogen-bond donors (Lipinski definition) is 3. The molecule has 2 aromatic heterocycles. The first-order valence-electron chi connectivity index (χ1n) is 5.16. The molecular formula is C11H13N5O. The highest BCUT2D eigenvalue weighted by Crippen LogP contribution is 2.19. The fourth-order valence-electron chi connectivity index (χ4n) is 1.74. The summed E-state index contributed by atoms with van der Waals surface area (Å²) < 4.78 is 1.85. The van der Waals surface area contributed by atoms with Crippen molar-refractivity contribution in [1.82, 2.24) is 14.5 Å². The van der Waals surface area contributed by atoms with Crippen LogP contribution in [0, 0.1) is 12.0 Å². The Balaban J connectivity index is 2.94. The number of rotatable bonds is 1. The van der Waals surface area contributed by atoms with Gasteiger partial charge in [-0.2, -0.15) is 4.98 Å². The largest absolute Gasteiger partial charge is 0.369 e. The van der Waals surface area contributed by atoms with Crippen LogP contribution in [0.3, 0.4) is 0 Å². The highest BCUT2D eigenvalue weighted by atomic mass is 16.1. The minimum Gasteiger partial charge on any atom is -0.369 e. The van der Waals surface area contributed by atoms with Crippen molar-refractivity contribution >= 4 is 17.0 Å². The molecule has 6 heteroatoms. The molecule has 0 saturated carbocycles. The number of anilines is 1. The third kappa shape index (κ3) is 1.72. The summed E-state index contributed by atoms with van der Waals surface area (Å²) in [5.74, 6) is 2.78. The molecule has 6 nitrogen and oxygen atoms in total. The maximum atomic E-state index is 11.8. The molecule has 0 aliphatic carbocycles. The molecule has 5 N–H and O–H groups in total. The molecular weight excluding hydrogens is 218 g/mol. The standard InChI is InChI=1S/C11H13N5O/c1-6(2)16-5-7(3-4-12)8-9(16)14-11(13)15-10(8)17/h5-6H,12H2,1-2H3,(H3,13,14,15,17). The normalized spacial score (nSPS) is 10.5. The molecule has 88 valence electrons. The van der Waals surface area contributed by atoms with E-state index in [1.807, 2.05) is 18.4 Å². The smallest absolute Gasteiger partial charge is 0.263 e. The number of hydrogen-bond acceptors (Lipinski definition) is 4. The molecule has 0 amide bonds. The molecule has 0 saturated heterocycles. The van der Waals surface area contributed by atoms with E-state index < -0.39 is 0 Å². The van der Waals surface area contributed by atoms with Gasteiger partial charge in [-0.1, -0.05) is 0 Å². The molecule has 2 heterocycles. The van der Waals surface area contributed by atoms with Crippen LogP contribution >= 0.6 is 0 Å². The summed E-state index contributed by atoms with van der Waals surface area (Å²) in [5.41, 5.74) is 11.5. The minimum absolute atomic E-state index is 0.0924. The predicted molar refractivity (Wildman–Crippen MR) is 66.2 cm³/mol. The second-order valence-electron chi connectivity index (χ2n) is 3.96. The summed E-state index contributed by atoms with van der Waals surface area (Å²) >= 11 is 0. The Morgan fingerprint density at radius 3 is 2.82 bits per heavy atom. The zero-order valence-electron chi connectivity index (χ0n) is 9.61. The Hall–Kier alpha value is -2.42. The summed E-state index contributed by atoms with van der Waals surface area (Å²) in [6, 6.07) is 2.45. The van der Waals surface area contributed by atoms with E-state index in [0.717, 1.165) is 0 Å². The molecule has 0 bridgehead atoms. The lowest BCUT2D eigenvalue weighted by Gasteiger charge is -2.07. The topological polar surface area (TPSA) is 103 Å². The summed E-state index contributed by atoms with van der Waals surface area (Å²) in [4.78, 5) is 18.4. The van der Waals surface area contributed by atoms with Crippen LogP contribution in [0.15, 0.2) is 11.0 Å². The minimum atomic E-state index is -0.301. The lowest BCUT2D eigenvalue weighted by atomic mass is 10.2. The van der Waals surface area contributed by atoms with Crippen molar-refractivity contribution in [2.75, 3.05) is 5.73 Å². The third-order valence-corrected chi connectivity index (χ3v) is 2.46. The first-order valence-corrected chi connectivity index (χ1v) is 5.16. The van der Waals surface area contributed by atoms with Gasteiger partial charge in [-0.15, -0.1) is 0 Å². The van der Waals surface area contributed by atoms with E-state index in [2.05, 4.69) is 21.9 Å². The van der Waals surface area contributed by atoms with Gasteiger partial charge in [-0.05, 0) is 19.8 Å². The highest BCUT2D eigenvalue weighted by Gasteiger charge is 2.14. The molecule has 0 radical (unpaired) electrons. The van der Waals surface area contributed by atoms with Crippen molar-refractivity contribution < 1.29 is 0 Å². The van der Waals surface area contributed by atoms with Crippen molar-refractivity contribution in [2.24, 2.45) is 5.73 Å². The van der Waals surface area contributed by atoms with Gasteiger partial charge in [-0.25, -0.2) is 0 Å². The van der Waals surface area contributed by atoms with E-state index in [4.69, 9.17) is 11.5 Å². The fraction of sp³-hybridized carbons (Fsp3) is 0.273. The van der Waals surface area contributed by atoms with Crippen LogP contribution in [-0.4, -0.2) is 14.5 Å². The fourth-order valence-corrected chi connectivity index (χ4v) is 1.74. The highest BCUT2D eigenvalue weighted by molar-refractivity contribution is 5.83. The third-order valence-electron chi connectivity index (χ3n) is 2.46. The Morgan fingerprint density at radius 1 is 1.53 bits per heavy atom. The van der Waals surface area contributed by atoms with Crippen molar-refractivity contribution in [3.8, 4) is 12.0 Å². The van der Waals surface area contributed by atoms with Gasteiger partial charge in [0, 0.05) is 18.3 Å². The monoisotopic (exact) mass is 231 g/mol. The van der Waals surface area contributed by atoms with Gasteiger partial charge in [-0.3, -0.25) is 9.78 Å². The quantitative estimate of drug-likeness (QED) is 0.480. The maximum Gasteiger partial charge on any atom is 0.263 e. The predicted octanol–water partition coefficient (Wildman–Crippen LogP) is 0.155. The Bertz CT molecular complexity index is 683. The van der Waals surface area contributed by atoms with Crippen LogP contribution < -0.4 is 17.0 Å². The SMILES string of the molecule is CC(C)n1cc(C#CN)c2c(=O)[nH]c(N)nc21. The molecule has 2 aromatic rings. The van der Waals surface area contributed by atoms with Gasteiger partial charge in [0.05, 0.1) is 10.9 Å². The van der Waals surface area contributed by atoms with E-state index in [1.165, 1.54) is 0 Å². The lowest BCUT2D eigenvalue weighted by Crippen LogP contribution is -2.12. The van der Waals surface area contributed by atoms with Crippen LogP contribution in [0.25, 0.3) is 11.0 Å². The van der Waals surface area contributed by atoms with Crippen molar-refractivity contribution in [3.63, 3.8) is 0 Å². The molecule has 0 spiro atoms. The summed E-state index contributed by atoms with van der Waals surface area (Å²) in [5, 5.41) is 0.422. The average Bonchev–Trinajstić information content (AvgIpc) is 2.57. The van der Waals surface area contributed by atoms with Crippen LogP contribution in [0.2, 0.25) is 0 Å². The van der Waals surface area contributed by atoms with Gasteiger partial charge in [0.15, 0.2) is 5.65 Å². The van der Waals surface area contributed by atoms with Crippen LogP contribution in [0.4, 0.5) is 5.95 Å². The number of nitrogens with one attached hydrogen (secondary N) is 1. The maximum absolute atomic E-state index is 11.8. The number of fused-ring (bicyclic) bond motifs is 1. The van der Waals surface area contributed by atoms with E-state index in [1.54, 1.807) is 6.20 Å². The van der Waals surface area contributed by atoms with Crippen molar-refractivity contribution in [1.29, 1.82) is 0 Å². The second kappa shape index (κ2) is 3.87. The molecule has 0 aliphatic rings. The molecule has 17 heavy (non-hydrogen) atoms. The van der Waals surface area contributed by atoms with Gasteiger partial charge in [0.2, 0.25) is 5.95 Å². The van der Waals surface area contributed by atoms with E-state index in [9.17, 15) is 4.79 Å². The molecule has 0 aliphatic heterocycles. The first-order chi connectivity index (χ1) is 8.04. The van der Waals surface area contributed by atoms with Crippen LogP contribution in [0.1, 0.15) is 25.5 Å². The second-order valence-corrected chi connectivity index (χ2v) is 3.96. The van der Waals surface area contributed by atoms with Crippen molar-refractivity contribution in [2.45, 2.75) is 19.9 Å². The van der Waals surface area contributed by atoms with Gasteiger partial charge in [0.25, 0.3) is 5.56 Å². The Morgan fingerprint density at radius 2 is 2.24 bits per heavy atom. The van der Waals surface area contributed by atoms with E-state index >= 15 is 0 Å². The molecule has 0 atom stereocenters. The summed E-state index contributed by atoms with van der Waals surface area (Å²) in [6.07, 6.45) is 1.76. The number of aromatic amines is 1. The van der Waals surface area contributed by atoms with Gasteiger partial charge < -0.3 is 16.0 Å². The number of nitrogens with two attached hydrogens (primary N) is 2.